The van der Waals surface area contributed by atoms with E-state index in [1.807, 2.05) is 4.68 Å². The molecule has 0 unspecified atom stereocenters. The summed E-state index contributed by atoms with van der Waals surface area (Å²) in [5.74, 6) is 0. The van der Waals surface area contributed by atoms with E-state index in [1.165, 1.54) is 5.56 Å². The fourth-order valence-electron chi connectivity index (χ4n) is 1.60. The van der Waals surface area contributed by atoms with Crippen LogP contribution in [0.25, 0.3) is 0 Å². The lowest BCUT2D eigenvalue weighted by molar-refractivity contribution is 0.400. The van der Waals surface area contributed by atoms with Crippen molar-refractivity contribution in [2.45, 2.75) is 33.4 Å². The molecule has 0 radical (unpaired) electrons. The number of aryl methyl sites for hydroxylation is 2. The van der Waals surface area contributed by atoms with E-state index in [0.29, 0.717) is 0 Å². The first kappa shape index (κ1) is 20.0. The van der Waals surface area contributed by atoms with Gasteiger partial charge >= 0.3 is 0 Å². The number of nitrogens with one attached hydrogen (secondary N) is 1. The molecular weight excluding hydrogens is 271 g/mol. The Bertz CT molecular complexity index is 313. The standard InChI is InChI=1S/C12H24N4.2ClH/c1-5-7-16-10-12(11(2)14-16)9-13-6-8-15(3)4;;/h10,13H,5-9H2,1-4H3;2*1H. The van der Waals surface area contributed by atoms with Crippen molar-refractivity contribution in [2.75, 3.05) is 27.2 Å². The lowest BCUT2D eigenvalue weighted by atomic mass is 10.2. The average Bonchev–Trinajstić information content (AvgIpc) is 2.54. The second kappa shape index (κ2) is 10.6. The van der Waals surface area contributed by atoms with Gasteiger partial charge in [0.1, 0.15) is 0 Å². The summed E-state index contributed by atoms with van der Waals surface area (Å²) in [4.78, 5) is 2.18. The van der Waals surface area contributed by atoms with Gasteiger partial charge in [0.25, 0.3) is 0 Å². The number of hydrogen-bond donors (Lipinski definition) is 1. The summed E-state index contributed by atoms with van der Waals surface area (Å²) < 4.78 is 2.04. The van der Waals surface area contributed by atoms with Crippen LogP contribution in [0.4, 0.5) is 0 Å². The first-order chi connectivity index (χ1) is 7.63. The van der Waals surface area contributed by atoms with Gasteiger partial charge in [0.15, 0.2) is 0 Å². The van der Waals surface area contributed by atoms with Gasteiger partial charge in [-0.3, -0.25) is 4.68 Å². The molecule has 1 aromatic heterocycles. The molecule has 1 heterocycles. The molecule has 0 saturated carbocycles. The topological polar surface area (TPSA) is 33.1 Å². The predicted octanol–water partition coefficient (Wildman–Crippen LogP) is 2.10. The summed E-state index contributed by atoms with van der Waals surface area (Å²) in [5, 5.41) is 7.91. The van der Waals surface area contributed by atoms with E-state index < -0.39 is 0 Å². The molecule has 1 N–H and O–H groups in total. The molecule has 0 atom stereocenters. The number of nitrogens with zero attached hydrogens (tertiary/aromatic N) is 3. The van der Waals surface area contributed by atoms with Crippen LogP contribution >= 0.6 is 24.8 Å². The van der Waals surface area contributed by atoms with Crippen molar-refractivity contribution in [1.82, 2.24) is 20.0 Å². The van der Waals surface area contributed by atoms with Gasteiger partial charge in [-0.1, -0.05) is 6.92 Å². The highest BCUT2D eigenvalue weighted by atomic mass is 35.5. The minimum Gasteiger partial charge on any atom is -0.311 e. The molecule has 6 heteroatoms. The molecule has 0 saturated heterocycles. The molecule has 0 aliphatic rings. The normalized spacial score (nSPS) is 10.1. The van der Waals surface area contributed by atoms with Gasteiger partial charge < -0.3 is 10.2 Å². The van der Waals surface area contributed by atoms with Crippen LogP contribution in [0.15, 0.2) is 6.20 Å². The number of aromatic nitrogens is 2. The van der Waals surface area contributed by atoms with Crippen molar-refractivity contribution in [1.29, 1.82) is 0 Å². The Balaban J connectivity index is 0. The molecule has 18 heavy (non-hydrogen) atoms. The molecule has 1 aromatic rings. The summed E-state index contributed by atoms with van der Waals surface area (Å²) in [7, 11) is 4.18. The van der Waals surface area contributed by atoms with Gasteiger partial charge in [0.2, 0.25) is 0 Å². The number of likely N-dealkylation sites (N-methyl/N-ethyl adjacent to an activating group) is 1. The van der Waals surface area contributed by atoms with E-state index in [1.54, 1.807) is 0 Å². The maximum Gasteiger partial charge on any atom is 0.0638 e. The third kappa shape index (κ3) is 7.21. The summed E-state index contributed by atoms with van der Waals surface area (Å²) in [6.07, 6.45) is 3.29. The van der Waals surface area contributed by atoms with E-state index in [2.05, 4.69) is 49.5 Å². The van der Waals surface area contributed by atoms with E-state index in [9.17, 15) is 0 Å². The molecular formula is C12H26Cl2N4. The fraction of sp³-hybridized carbons (Fsp3) is 0.750. The van der Waals surface area contributed by atoms with Crippen LogP contribution in [0.5, 0.6) is 0 Å². The third-order valence-electron chi connectivity index (χ3n) is 2.55. The van der Waals surface area contributed by atoms with Gasteiger partial charge in [-0.25, -0.2) is 0 Å². The van der Waals surface area contributed by atoms with Gasteiger partial charge in [0, 0.05) is 37.9 Å². The summed E-state index contributed by atoms with van der Waals surface area (Å²) in [6, 6.07) is 0. The quantitative estimate of drug-likeness (QED) is 0.782. The van der Waals surface area contributed by atoms with Crippen molar-refractivity contribution in [3.63, 3.8) is 0 Å². The van der Waals surface area contributed by atoms with Crippen molar-refractivity contribution in [3.05, 3.63) is 17.5 Å². The SMILES string of the molecule is CCCn1cc(CNCCN(C)C)c(C)n1.Cl.Cl. The lowest BCUT2D eigenvalue weighted by Crippen LogP contribution is -2.26. The van der Waals surface area contributed by atoms with E-state index in [0.717, 1.165) is 38.3 Å². The summed E-state index contributed by atoms with van der Waals surface area (Å²) >= 11 is 0. The van der Waals surface area contributed by atoms with Gasteiger partial charge in [0.05, 0.1) is 5.69 Å². The highest BCUT2D eigenvalue weighted by Crippen LogP contribution is 2.05. The zero-order chi connectivity index (χ0) is 12.0. The van der Waals surface area contributed by atoms with Crippen molar-refractivity contribution >= 4 is 24.8 Å². The summed E-state index contributed by atoms with van der Waals surface area (Å²) in [6.45, 7) is 8.27. The Morgan fingerprint density at radius 3 is 2.56 bits per heavy atom. The first-order valence-electron chi connectivity index (χ1n) is 6.02. The van der Waals surface area contributed by atoms with Crippen molar-refractivity contribution < 1.29 is 0 Å². The van der Waals surface area contributed by atoms with Crippen LogP contribution in [0.3, 0.4) is 0 Å². The van der Waals surface area contributed by atoms with Gasteiger partial charge in [-0.05, 0) is 27.4 Å². The molecule has 108 valence electrons. The highest BCUT2D eigenvalue weighted by molar-refractivity contribution is 5.85. The lowest BCUT2D eigenvalue weighted by Gasteiger charge is -2.09. The predicted molar refractivity (Wildman–Crippen MR) is 82.0 cm³/mol. The van der Waals surface area contributed by atoms with Crippen LogP contribution in [0.2, 0.25) is 0 Å². The smallest absolute Gasteiger partial charge is 0.0638 e. The fourth-order valence-corrected chi connectivity index (χ4v) is 1.60. The molecule has 0 aromatic carbocycles. The number of halogens is 2. The zero-order valence-electron chi connectivity index (χ0n) is 11.8. The maximum atomic E-state index is 4.48. The minimum atomic E-state index is 0. The maximum absolute atomic E-state index is 4.48. The van der Waals surface area contributed by atoms with Crippen LogP contribution in [-0.2, 0) is 13.1 Å². The van der Waals surface area contributed by atoms with Crippen molar-refractivity contribution in [2.24, 2.45) is 0 Å². The van der Waals surface area contributed by atoms with Crippen molar-refractivity contribution in [3.8, 4) is 0 Å². The third-order valence-corrected chi connectivity index (χ3v) is 2.55. The minimum absolute atomic E-state index is 0. The van der Waals surface area contributed by atoms with E-state index in [4.69, 9.17) is 0 Å². The Kier molecular flexibility index (Phi) is 11.8. The van der Waals surface area contributed by atoms with Crippen LogP contribution < -0.4 is 5.32 Å². The highest BCUT2D eigenvalue weighted by Gasteiger charge is 2.03. The van der Waals surface area contributed by atoms with Gasteiger partial charge in [-0.15, -0.1) is 24.8 Å². The average molecular weight is 297 g/mol. The Morgan fingerprint density at radius 2 is 2.00 bits per heavy atom. The largest absolute Gasteiger partial charge is 0.311 e. The Hall–Kier alpha value is -0.290. The molecule has 4 nitrogen and oxygen atoms in total. The Labute approximate surface area is 123 Å². The van der Waals surface area contributed by atoms with E-state index >= 15 is 0 Å². The van der Waals surface area contributed by atoms with Crippen LogP contribution in [-0.4, -0.2) is 41.9 Å². The summed E-state index contributed by atoms with van der Waals surface area (Å²) in [5.41, 5.74) is 2.46. The molecule has 0 fully saturated rings. The Morgan fingerprint density at radius 1 is 1.33 bits per heavy atom. The molecule has 0 bridgehead atoms. The second-order valence-corrected chi connectivity index (χ2v) is 4.48. The van der Waals surface area contributed by atoms with Crippen LogP contribution in [0, 0.1) is 6.92 Å². The van der Waals surface area contributed by atoms with Gasteiger partial charge in [-0.2, -0.15) is 5.10 Å². The monoisotopic (exact) mass is 296 g/mol. The first-order valence-corrected chi connectivity index (χ1v) is 6.02. The number of hydrogen-bond acceptors (Lipinski definition) is 3. The molecule has 0 aliphatic carbocycles. The molecule has 0 spiro atoms. The second-order valence-electron chi connectivity index (χ2n) is 4.48. The van der Waals surface area contributed by atoms with Crippen LogP contribution in [0.1, 0.15) is 24.6 Å². The molecule has 1 rings (SSSR count). The molecule has 0 aliphatic heterocycles. The molecule has 0 amide bonds. The number of rotatable bonds is 7. The van der Waals surface area contributed by atoms with E-state index in [-0.39, 0.29) is 24.8 Å². The zero-order valence-corrected chi connectivity index (χ0v) is 13.4.